The number of aryl methyl sites for hydroxylation is 1. The van der Waals surface area contributed by atoms with Gasteiger partial charge in [0.1, 0.15) is 0 Å². The number of rotatable bonds is 6. The molecule has 0 saturated carbocycles. The molecule has 7 heteroatoms. The molecule has 0 aliphatic heterocycles. The highest BCUT2D eigenvalue weighted by atomic mass is 19.1. The maximum Gasteiger partial charge on any atom is 0.441 e. The lowest BCUT2D eigenvalue weighted by molar-refractivity contribution is -0.140. The lowest BCUT2D eigenvalue weighted by Crippen LogP contribution is -2.14. The normalized spacial score (nSPS) is 11.6. The second kappa shape index (κ2) is 6.73. The summed E-state index contributed by atoms with van der Waals surface area (Å²) in [5.74, 6) is -0.981. The van der Waals surface area contributed by atoms with E-state index >= 15 is 0 Å². The van der Waals surface area contributed by atoms with Crippen LogP contribution in [-0.4, -0.2) is 22.8 Å². The summed E-state index contributed by atoms with van der Waals surface area (Å²) in [6.07, 6.45) is 1.94. The van der Waals surface area contributed by atoms with Crippen molar-refractivity contribution >= 4 is 5.97 Å². The number of allylic oxidation sites excluding steroid dienone is 2. The van der Waals surface area contributed by atoms with Gasteiger partial charge in [-0.05, 0) is 25.8 Å². The van der Waals surface area contributed by atoms with Crippen molar-refractivity contribution in [1.82, 2.24) is 9.72 Å². The Bertz CT molecular complexity index is 489. The van der Waals surface area contributed by atoms with Crippen molar-refractivity contribution in [2.75, 3.05) is 7.11 Å². The number of methoxy groups -OCH3 is 1. The van der Waals surface area contributed by atoms with Crippen LogP contribution in [0.2, 0.25) is 0 Å². The van der Waals surface area contributed by atoms with E-state index in [0.717, 1.165) is 0 Å². The van der Waals surface area contributed by atoms with E-state index in [-0.39, 0.29) is 31.2 Å². The zero-order chi connectivity index (χ0) is 13.5. The highest BCUT2D eigenvalue weighted by Crippen LogP contribution is 2.09. The van der Waals surface area contributed by atoms with Crippen molar-refractivity contribution in [3.8, 4) is 0 Å². The molecule has 0 amide bonds. The van der Waals surface area contributed by atoms with Gasteiger partial charge in [-0.1, -0.05) is 5.16 Å². The Kier molecular flexibility index (Phi) is 5.29. The number of esters is 1. The number of carbonyl (C=O) groups is 1. The first-order valence-electron chi connectivity index (χ1n) is 5.49. The number of aromatic nitrogens is 2. The van der Waals surface area contributed by atoms with Crippen LogP contribution in [0.3, 0.4) is 0 Å². The van der Waals surface area contributed by atoms with Crippen molar-refractivity contribution < 1.29 is 18.4 Å². The molecule has 0 aliphatic rings. The fourth-order valence-corrected chi connectivity index (χ4v) is 1.34. The molecule has 1 aromatic rings. The van der Waals surface area contributed by atoms with E-state index in [1.54, 1.807) is 6.92 Å². The van der Waals surface area contributed by atoms with Crippen LogP contribution in [0.25, 0.3) is 0 Å². The molecule has 0 aliphatic carbocycles. The summed E-state index contributed by atoms with van der Waals surface area (Å²) in [5, 5.41) is 3.45. The van der Waals surface area contributed by atoms with E-state index in [9.17, 15) is 14.0 Å². The predicted molar refractivity (Wildman–Crippen MR) is 60.6 cm³/mol. The summed E-state index contributed by atoms with van der Waals surface area (Å²) in [6.45, 7) is 1.66. The van der Waals surface area contributed by atoms with Crippen LogP contribution >= 0.6 is 0 Å². The minimum Gasteiger partial charge on any atom is -0.469 e. The van der Waals surface area contributed by atoms with Gasteiger partial charge in [-0.25, -0.2) is 9.18 Å². The van der Waals surface area contributed by atoms with Gasteiger partial charge < -0.3 is 4.74 Å². The maximum absolute atomic E-state index is 13.4. The molecule has 0 fully saturated rings. The molecule has 0 spiro atoms. The van der Waals surface area contributed by atoms with Crippen LogP contribution in [-0.2, 0) is 16.1 Å². The molecule has 6 nitrogen and oxygen atoms in total. The summed E-state index contributed by atoms with van der Waals surface area (Å²) in [4.78, 5) is 21.9. The lowest BCUT2D eigenvalue weighted by Gasteiger charge is -1.99. The second-order valence-electron chi connectivity index (χ2n) is 3.69. The SMILES string of the molecule is COC(=O)CCC/C(F)=C\Cn1c(C)noc1=O. The average molecular weight is 258 g/mol. The molecule has 100 valence electrons. The fraction of sp³-hybridized carbons (Fsp3) is 0.545. The largest absolute Gasteiger partial charge is 0.469 e. The molecule has 1 aromatic heterocycles. The van der Waals surface area contributed by atoms with Gasteiger partial charge in [0.25, 0.3) is 0 Å². The van der Waals surface area contributed by atoms with E-state index in [1.165, 1.54) is 17.8 Å². The number of hydrogen-bond acceptors (Lipinski definition) is 5. The van der Waals surface area contributed by atoms with Crippen molar-refractivity contribution in [2.45, 2.75) is 32.7 Å². The van der Waals surface area contributed by atoms with Crippen LogP contribution in [0.4, 0.5) is 4.39 Å². The molecule has 18 heavy (non-hydrogen) atoms. The lowest BCUT2D eigenvalue weighted by atomic mass is 10.2. The molecule has 0 bridgehead atoms. The predicted octanol–water partition coefficient (Wildman–Crippen LogP) is 1.34. The Labute approximate surface area is 103 Å². The first-order valence-corrected chi connectivity index (χ1v) is 5.49. The third kappa shape index (κ3) is 4.15. The van der Waals surface area contributed by atoms with Crippen molar-refractivity contribution in [3.63, 3.8) is 0 Å². The van der Waals surface area contributed by atoms with E-state index in [0.29, 0.717) is 12.2 Å². The quantitative estimate of drug-likeness (QED) is 0.720. The Hall–Kier alpha value is -1.92. The zero-order valence-electron chi connectivity index (χ0n) is 10.3. The van der Waals surface area contributed by atoms with Gasteiger partial charge in [0, 0.05) is 6.42 Å². The van der Waals surface area contributed by atoms with Crippen LogP contribution in [0.15, 0.2) is 21.2 Å². The highest BCUT2D eigenvalue weighted by molar-refractivity contribution is 5.69. The van der Waals surface area contributed by atoms with Crippen molar-refractivity contribution in [2.24, 2.45) is 0 Å². The Balaban J connectivity index is 2.43. The third-order valence-electron chi connectivity index (χ3n) is 2.39. The van der Waals surface area contributed by atoms with E-state index in [1.807, 2.05) is 0 Å². The van der Waals surface area contributed by atoms with E-state index < -0.39 is 5.76 Å². The Morgan fingerprint density at radius 2 is 2.28 bits per heavy atom. The van der Waals surface area contributed by atoms with Crippen molar-refractivity contribution in [1.29, 1.82) is 0 Å². The van der Waals surface area contributed by atoms with Crippen LogP contribution in [0.5, 0.6) is 0 Å². The Morgan fingerprint density at radius 1 is 1.56 bits per heavy atom. The van der Waals surface area contributed by atoms with Crippen LogP contribution in [0.1, 0.15) is 25.1 Å². The monoisotopic (exact) mass is 258 g/mol. The molecule has 0 radical (unpaired) electrons. The van der Waals surface area contributed by atoms with Crippen LogP contribution in [0, 0.1) is 6.92 Å². The van der Waals surface area contributed by atoms with Gasteiger partial charge in [0.15, 0.2) is 5.82 Å². The van der Waals surface area contributed by atoms with Gasteiger partial charge in [0.2, 0.25) is 0 Å². The average Bonchev–Trinajstić information content (AvgIpc) is 2.66. The summed E-state index contributed by atoms with van der Waals surface area (Å²) in [6, 6.07) is 0. The molecular formula is C11H15FN2O4. The topological polar surface area (TPSA) is 74.3 Å². The van der Waals surface area contributed by atoms with Gasteiger partial charge in [-0.15, -0.1) is 0 Å². The Morgan fingerprint density at radius 3 is 2.83 bits per heavy atom. The van der Waals surface area contributed by atoms with Gasteiger partial charge >= 0.3 is 11.7 Å². The molecule has 0 atom stereocenters. The zero-order valence-corrected chi connectivity index (χ0v) is 10.3. The third-order valence-corrected chi connectivity index (χ3v) is 2.39. The molecular weight excluding hydrogens is 243 g/mol. The van der Waals surface area contributed by atoms with Gasteiger partial charge in [-0.2, -0.15) is 0 Å². The number of carbonyl (C=O) groups excluding carboxylic acids is 1. The molecule has 0 N–H and O–H groups in total. The smallest absolute Gasteiger partial charge is 0.441 e. The van der Waals surface area contributed by atoms with Crippen LogP contribution < -0.4 is 5.76 Å². The summed E-state index contributed by atoms with van der Waals surface area (Å²) >= 11 is 0. The highest BCUT2D eigenvalue weighted by Gasteiger charge is 2.05. The van der Waals surface area contributed by atoms with E-state index in [4.69, 9.17) is 0 Å². The minimum atomic E-state index is -0.619. The second-order valence-corrected chi connectivity index (χ2v) is 3.69. The summed E-state index contributed by atoms with van der Waals surface area (Å²) < 4.78 is 23.4. The fourth-order valence-electron chi connectivity index (χ4n) is 1.34. The molecule has 1 rings (SSSR count). The maximum atomic E-state index is 13.4. The number of hydrogen-bond donors (Lipinski definition) is 0. The molecule has 0 saturated heterocycles. The van der Waals surface area contributed by atoms with Gasteiger partial charge in [-0.3, -0.25) is 13.9 Å². The first kappa shape index (κ1) is 14.1. The summed E-state index contributed by atoms with van der Waals surface area (Å²) in [5.41, 5.74) is 0. The van der Waals surface area contributed by atoms with E-state index in [2.05, 4.69) is 14.4 Å². The van der Waals surface area contributed by atoms with Gasteiger partial charge in [0.05, 0.1) is 19.5 Å². The number of ether oxygens (including phenoxy) is 1. The molecule has 0 aromatic carbocycles. The molecule has 1 heterocycles. The number of halogens is 1. The minimum absolute atomic E-state index is 0.0677. The first-order chi connectivity index (χ1) is 8.54. The number of nitrogens with zero attached hydrogens (tertiary/aromatic N) is 2. The van der Waals surface area contributed by atoms with Crippen molar-refractivity contribution in [3.05, 3.63) is 28.3 Å². The molecule has 0 unspecified atom stereocenters. The standard InChI is InChI=1S/C11H15FN2O4/c1-8-13-18-11(16)14(8)7-6-9(12)4-3-5-10(15)17-2/h6H,3-5,7H2,1-2H3/b9-6+. The summed E-state index contributed by atoms with van der Waals surface area (Å²) in [7, 11) is 1.29.